The fourth-order valence-corrected chi connectivity index (χ4v) is 10.6. The monoisotopic (exact) mass is 748 g/mol. The Bertz CT molecular complexity index is 3440. The number of para-hydroxylation sites is 1. The molecule has 1 aromatic heterocycles. The number of nitrogens with zero attached hydrogens (tertiary/aromatic N) is 2. The fraction of sp³-hybridized carbons (Fsp3) is 0.0175. The van der Waals surface area contributed by atoms with Gasteiger partial charge in [0.1, 0.15) is 0 Å². The molecule has 2 aliphatic carbocycles. The Labute approximate surface area is 342 Å². The number of aromatic nitrogens is 1. The summed E-state index contributed by atoms with van der Waals surface area (Å²) < 4.78 is 2.41. The van der Waals surface area contributed by atoms with Crippen molar-refractivity contribution in [2.45, 2.75) is 5.41 Å². The molecule has 2 nitrogen and oxygen atoms in total. The Balaban J connectivity index is 0.975. The normalized spacial score (nSPS) is 13.2. The van der Waals surface area contributed by atoms with Crippen LogP contribution in [0, 0.1) is 0 Å². The van der Waals surface area contributed by atoms with Gasteiger partial charge >= 0.3 is 0 Å². The first-order valence-electron chi connectivity index (χ1n) is 20.5. The van der Waals surface area contributed by atoms with E-state index in [1.807, 2.05) is 0 Å². The maximum Gasteiger partial charge on any atom is 0.0726 e. The second-order valence-corrected chi connectivity index (χ2v) is 16.0. The molecule has 0 unspecified atom stereocenters. The SMILES string of the molecule is c1ccc(-c2cccc(N(c3ccc(-n4c5ccccc5c5cc(-c6ccccc6)ccc54)cc3)c3ccc4c5c(cccc35)C43c4cccc5cccc3c45)c2)cc1. The summed E-state index contributed by atoms with van der Waals surface area (Å²) in [4.78, 5) is 2.46. The van der Waals surface area contributed by atoms with E-state index < -0.39 is 0 Å². The van der Waals surface area contributed by atoms with Gasteiger partial charge in [-0.2, -0.15) is 0 Å². The van der Waals surface area contributed by atoms with Crippen LogP contribution in [0.25, 0.3) is 71.3 Å². The van der Waals surface area contributed by atoms with Crippen molar-refractivity contribution < 1.29 is 0 Å². The average molecular weight is 749 g/mol. The summed E-state index contributed by atoms with van der Waals surface area (Å²) in [5, 5.41) is 7.90. The standard InChI is InChI=1S/C57H36N2/c1-3-13-37(14-4-1)40-19-9-20-44(35-40)58(53-34-32-51-56-46(53)22-12-25-50(56)57(51)48-23-10-17-39-18-11-24-49(57)55(39)48)42-28-30-43(31-29-42)59-52-26-8-7-21-45(52)47-36-41(27-33-54(47)59)38-15-5-2-6-16-38/h1-36H. The molecule has 1 spiro atoms. The van der Waals surface area contributed by atoms with Gasteiger partial charge in [0, 0.05) is 33.2 Å². The van der Waals surface area contributed by atoms with Crippen LogP contribution < -0.4 is 4.90 Å². The van der Waals surface area contributed by atoms with Gasteiger partial charge in [-0.3, -0.25) is 0 Å². The van der Waals surface area contributed by atoms with Crippen molar-refractivity contribution in [1.82, 2.24) is 4.57 Å². The van der Waals surface area contributed by atoms with Crippen LogP contribution in [0.3, 0.4) is 0 Å². The molecule has 274 valence electrons. The zero-order valence-corrected chi connectivity index (χ0v) is 32.2. The minimum Gasteiger partial charge on any atom is -0.310 e. The topological polar surface area (TPSA) is 8.17 Å². The van der Waals surface area contributed by atoms with Crippen molar-refractivity contribution in [2.75, 3.05) is 4.90 Å². The van der Waals surface area contributed by atoms with Crippen molar-refractivity contribution in [3.63, 3.8) is 0 Å². The zero-order chi connectivity index (χ0) is 38.7. The van der Waals surface area contributed by atoms with Crippen LogP contribution >= 0.6 is 0 Å². The second kappa shape index (κ2) is 12.2. The number of benzene rings is 10. The Morgan fingerprint density at radius 1 is 0.339 bits per heavy atom. The summed E-state index contributed by atoms with van der Waals surface area (Å²) in [5.41, 5.74) is 17.3. The molecule has 0 amide bonds. The van der Waals surface area contributed by atoms with Gasteiger partial charge in [-0.05, 0) is 121 Å². The van der Waals surface area contributed by atoms with E-state index in [1.165, 1.54) is 93.5 Å². The molecule has 0 saturated carbocycles. The lowest BCUT2D eigenvalue weighted by atomic mass is 9.49. The predicted octanol–water partition coefficient (Wildman–Crippen LogP) is 14.9. The summed E-state index contributed by atoms with van der Waals surface area (Å²) in [6.45, 7) is 0. The van der Waals surface area contributed by atoms with E-state index in [1.54, 1.807) is 0 Å². The van der Waals surface area contributed by atoms with Gasteiger partial charge in [0.25, 0.3) is 0 Å². The Morgan fingerprint density at radius 3 is 1.66 bits per heavy atom. The third-order valence-electron chi connectivity index (χ3n) is 13.1. The highest BCUT2D eigenvalue weighted by molar-refractivity contribution is 6.14. The van der Waals surface area contributed by atoms with Gasteiger partial charge in [-0.1, -0.05) is 158 Å². The van der Waals surface area contributed by atoms with Crippen LogP contribution in [0.2, 0.25) is 0 Å². The largest absolute Gasteiger partial charge is 0.310 e. The first kappa shape index (κ1) is 32.4. The Kier molecular flexibility index (Phi) is 6.68. The third kappa shape index (κ3) is 4.40. The quantitative estimate of drug-likeness (QED) is 0.164. The predicted molar refractivity (Wildman–Crippen MR) is 247 cm³/mol. The molecule has 1 heterocycles. The van der Waals surface area contributed by atoms with Crippen molar-refractivity contribution in [3.05, 3.63) is 241 Å². The van der Waals surface area contributed by atoms with Crippen molar-refractivity contribution in [2.24, 2.45) is 0 Å². The van der Waals surface area contributed by atoms with E-state index in [2.05, 4.69) is 228 Å². The first-order chi connectivity index (χ1) is 29.3. The molecule has 0 aliphatic heterocycles. The maximum atomic E-state index is 2.46. The molecule has 2 heteroatoms. The molecule has 0 bridgehead atoms. The van der Waals surface area contributed by atoms with E-state index in [0.717, 1.165) is 17.1 Å². The lowest BCUT2D eigenvalue weighted by Crippen LogP contribution is -2.43. The summed E-state index contributed by atoms with van der Waals surface area (Å²) >= 11 is 0. The minimum atomic E-state index is -0.159. The van der Waals surface area contributed by atoms with Crippen LogP contribution in [-0.2, 0) is 5.41 Å². The van der Waals surface area contributed by atoms with E-state index in [0.29, 0.717) is 0 Å². The van der Waals surface area contributed by atoms with Crippen LogP contribution in [0.1, 0.15) is 22.3 Å². The van der Waals surface area contributed by atoms with E-state index >= 15 is 0 Å². The van der Waals surface area contributed by atoms with Crippen LogP contribution in [0.4, 0.5) is 17.1 Å². The third-order valence-corrected chi connectivity index (χ3v) is 13.1. The van der Waals surface area contributed by atoms with Gasteiger partial charge in [0.05, 0.1) is 22.1 Å². The molecule has 13 rings (SSSR count). The second-order valence-electron chi connectivity index (χ2n) is 16.0. The van der Waals surface area contributed by atoms with Gasteiger partial charge in [0.2, 0.25) is 0 Å². The number of anilines is 3. The summed E-state index contributed by atoms with van der Waals surface area (Å²) in [5.74, 6) is 0. The molecular weight excluding hydrogens is 713 g/mol. The summed E-state index contributed by atoms with van der Waals surface area (Å²) in [6.07, 6.45) is 0. The van der Waals surface area contributed by atoms with E-state index in [-0.39, 0.29) is 5.41 Å². The highest BCUT2D eigenvalue weighted by Crippen LogP contribution is 2.65. The van der Waals surface area contributed by atoms with Crippen LogP contribution in [-0.4, -0.2) is 4.57 Å². The zero-order valence-electron chi connectivity index (χ0n) is 32.2. The molecule has 11 aromatic rings. The van der Waals surface area contributed by atoms with E-state index in [9.17, 15) is 0 Å². The van der Waals surface area contributed by atoms with Gasteiger partial charge in [-0.15, -0.1) is 0 Å². The highest BCUT2D eigenvalue weighted by atomic mass is 15.1. The van der Waals surface area contributed by atoms with Crippen LogP contribution in [0.5, 0.6) is 0 Å². The van der Waals surface area contributed by atoms with E-state index in [4.69, 9.17) is 0 Å². The lowest BCUT2D eigenvalue weighted by Gasteiger charge is -2.52. The van der Waals surface area contributed by atoms with Gasteiger partial charge < -0.3 is 9.47 Å². The molecule has 10 aromatic carbocycles. The summed E-state index contributed by atoms with van der Waals surface area (Å²) in [6, 6.07) is 80.5. The molecule has 0 atom stereocenters. The van der Waals surface area contributed by atoms with Crippen molar-refractivity contribution >= 4 is 60.4 Å². The maximum absolute atomic E-state index is 2.46. The molecule has 0 N–H and O–H groups in total. The lowest BCUT2D eigenvalue weighted by molar-refractivity contribution is 0.701. The number of fused-ring (bicyclic) bond motifs is 7. The van der Waals surface area contributed by atoms with Crippen LogP contribution in [0.15, 0.2) is 218 Å². The number of rotatable bonds is 6. The highest BCUT2D eigenvalue weighted by Gasteiger charge is 2.54. The molecule has 0 saturated heterocycles. The van der Waals surface area contributed by atoms with Gasteiger partial charge in [-0.25, -0.2) is 0 Å². The smallest absolute Gasteiger partial charge is 0.0726 e. The summed E-state index contributed by atoms with van der Waals surface area (Å²) in [7, 11) is 0. The first-order valence-corrected chi connectivity index (χ1v) is 20.5. The number of hydrogen-bond donors (Lipinski definition) is 0. The average Bonchev–Trinajstić information content (AvgIpc) is 3.63. The van der Waals surface area contributed by atoms with Gasteiger partial charge in [0.15, 0.2) is 0 Å². The molecule has 0 fully saturated rings. The minimum absolute atomic E-state index is 0.159. The molecule has 2 aliphatic rings. The fourth-order valence-electron chi connectivity index (χ4n) is 10.6. The van der Waals surface area contributed by atoms with Crippen molar-refractivity contribution in [1.29, 1.82) is 0 Å². The van der Waals surface area contributed by atoms with Crippen molar-refractivity contribution in [3.8, 4) is 27.9 Å². The molecule has 59 heavy (non-hydrogen) atoms. The number of hydrogen-bond acceptors (Lipinski definition) is 1. The molecule has 0 radical (unpaired) electrons. The molecular formula is C57H36N2. The Morgan fingerprint density at radius 2 is 0.915 bits per heavy atom. The Hall–Kier alpha value is -7.68.